The van der Waals surface area contributed by atoms with Crippen LogP contribution in [-0.4, -0.2) is 6.04 Å². The second-order valence-electron chi connectivity index (χ2n) is 2.36. The van der Waals surface area contributed by atoms with Crippen LogP contribution in [0.15, 0.2) is 23.6 Å². The minimum absolute atomic E-state index is 0.0181. The summed E-state index contributed by atoms with van der Waals surface area (Å²) in [5, 5.41) is 0. The molecule has 2 N–H and O–H groups in total. The van der Waals surface area contributed by atoms with Crippen molar-refractivity contribution in [1.82, 2.24) is 0 Å². The maximum atomic E-state index is 12.5. The van der Waals surface area contributed by atoms with Crippen molar-refractivity contribution in [3.05, 3.63) is 23.6 Å². The third kappa shape index (κ3) is 1.39. The Morgan fingerprint density at radius 1 is 1.78 bits per heavy atom. The monoisotopic (exact) mass is 127 g/mol. The molecule has 1 nitrogen and oxygen atoms in total. The molecule has 9 heavy (non-hydrogen) atoms. The molecule has 0 amide bonds. The molecule has 0 aromatic heterocycles. The summed E-state index contributed by atoms with van der Waals surface area (Å²) in [6.45, 7) is 1.76. The fraction of sp³-hybridized carbons (Fsp3) is 0.429. The van der Waals surface area contributed by atoms with Crippen LogP contribution in [0.1, 0.15) is 13.3 Å². The van der Waals surface area contributed by atoms with E-state index in [0.717, 1.165) is 5.57 Å². The average Bonchev–Trinajstić information content (AvgIpc) is 1.80. The van der Waals surface area contributed by atoms with E-state index in [2.05, 4.69) is 0 Å². The summed E-state index contributed by atoms with van der Waals surface area (Å²) in [6, 6.07) is 0.0181. The van der Waals surface area contributed by atoms with E-state index >= 15 is 0 Å². The number of nitrogens with two attached hydrogens (primary N) is 1. The SMILES string of the molecule is CC1=C(F)C=CC(N)C1. The Kier molecular flexibility index (Phi) is 1.67. The Labute approximate surface area is 54.0 Å². The van der Waals surface area contributed by atoms with Crippen LogP contribution in [0.2, 0.25) is 0 Å². The van der Waals surface area contributed by atoms with Crippen molar-refractivity contribution in [2.24, 2.45) is 5.73 Å². The van der Waals surface area contributed by atoms with Gasteiger partial charge in [0.2, 0.25) is 0 Å². The van der Waals surface area contributed by atoms with Gasteiger partial charge in [-0.3, -0.25) is 0 Å². The molecule has 50 valence electrons. The van der Waals surface area contributed by atoms with Gasteiger partial charge in [-0.25, -0.2) is 4.39 Å². The summed E-state index contributed by atoms with van der Waals surface area (Å²) in [5.74, 6) is -0.128. The van der Waals surface area contributed by atoms with Gasteiger partial charge in [0.1, 0.15) is 5.83 Å². The molecule has 0 bridgehead atoms. The highest BCUT2D eigenvalue weighted by Crippen LogP contribution is 2.17. The van der Waals surface area contributed by atoms with Crippen LogP contribution in [0.4, 0.5) is 4.39 Å². The molecular formula is C7H10FN. The fourth-order valence-corrected chi connectivity index (χ4v) is 0.869. The van der Waals surface area contributed by atoms with Crippen molar-refractivity contribution in [3.8, 4) is 0 Å². The van der Waals surface area contributed by atoms with E-state index in [0.29, 0.717) is 6.42 Å². The predicted octanol–water partition coefficient (Wildman–Crippen LogP) is 1.52. The van der Waals surface area contributed by atoms with Crippen molar-refractivity contribution < 1.29 is 4.39 Å². The molecular weight excluding hydrogens is 117 g/mol. The lowest BCUT2D eigenvalue weighted by molar-refractivity contribution is 0.622. The lowest BCUT2D eigenvalue weighted by Crippen LogP contribution is -2.19. The number of hydrogen-bond donors (Lipinski definition) is 1. The standard InChI is InChI=1S/C7H10FN/c1-5-4-6(9)2-3-7(5)8/h2-3,6H,4,9H2,1H3. The summed E-state index contributed by atoms with van der Waals surface area (Å²) in [6.07, 6.45) is 3.77. The van der Waals surface area contributed by atoms with Crippen LogP contribution < -0.4 is 5.73 Å². The van der Waals surface area contributed by atoms with E-state index in [1.54, 1.807) is 13.0 Å². The average molecular weight is 127 g/mol. The van der Waals surface area contributed by atoms with Gasteiger partial charge in [0.15, 0.2) is 0 Å². The molecule has 0 radical (unpaired) electrons. The third-order valence-corrected chi connectivity index (χ3v) is 1.44. The Morgan fingerprint density at radius 2 is 2.44 bits per heavy atom. The van der Waals surface area contributed by atoms with E-state index in [1.807, 2.05) is 0 Å². The van der Waals surface area contributed by atoms with Crippen molar-refractivity contribution in [1.29, 1.82) is 0 Å². The van der Waals surface area contributed by atoms with Crippen molar-refractivity contribution in [2.75, 3.05) is 0 Å². The van der Waals surface area contributed by atoms with E-state index in [9.17, 15) is 4.39 Å². The van der Waals surface area contributed by atoms with Gasteiger partial charge in [-0.05, 0) is 25.0 Å². The van der Waals surface area contributed by atoms with Crippen molar-refractivity contribution >= 4 is 0 Å². The first kappa shape index (κ1) is 6.49. The summed E-state index contributed by atoms with van der Waals surface area (Å²) in [5.41, 5.74) is 6.25. The first-order valence-electron chi connectivity index (χ1n) is 2.99. The lowest BCUT2D eigenvalue weighted by atomic mass is 10.0. The summed E-state index contributed by atoms with van der Waals surface area (Å²) in [7, 11) is 0. The fourth-order valence-electron chi connectivity index (χ4n) is 0.869. The normalized spacial score (nSPS) is 27.2. The molecule has 1 unspecified atom stereocenters. The second-order valence-corrected chi connectivity index (χ2v) is 2.36. The first-order valence-corrected chi connectivity index (χ1v) is 2.99. The Morgan fingerprint density at radius 3 is 2.89 bits per heavy atom. The van der Waals surface area contributed by atoms with Crippen molar-refractivity contribution in [3.63, 3.8) is 0 Å². The van der Waals surface area contributed by atoms with Crippen LogP contribution >= 0.6 is 0 Å². The maximum absolute atomic E-state index is 12.5. The van der Waals surface area contributed by atoms with E-state index < -0.39 is 0 Å². The van der Waals surface area contributed by atoms with Gasteiger partial charge in [0.05, 0.1) is 0 Å². The summed E-state index contributed by atoms with van der Waals surface area (Å²) >= 11 is 0. The van der Waals surface area contributed by atoms with Gasteiger partial charge in [0, 0.05) is 6.04 Å². The molecule has 1 aliphatic carbocycles. The second kappa shape index (κ2) is 2.31. The van der Waals surface area contributed by atoms with Crippen LogP contribution in [-0.2, 0) is 0 Å². The van der Waals surface area contributed by atoms with Gasteiger partial charge in [0.25, 0.3) is 0 Å². The largest absolute Gasteiger partial charge is 0.324 e. The van der Waals surface area contributed by atoms with E-state index in [4.69, 9.17) is 5.73 Å². The molecule has 0 aliphatic heterocycles. The van der Waals surface area contributed by atoms with Gasteiger partial charge in [-0.1, -0.05) is 6.08 Å². The smallest absolute Gasteiger partial charge is 0.121 e. The van der Waals surface area contributed by atoms with E-state index in [-0.39, 0.29) is 11.9 Å². The van der Waals surface area contributed by atoms with Crippen LogP contribution in [0.5, 0.6) is 0 Å². The highest BCUT2D eigenvalue weighted by atomic mass is 19.1. The van der Waals surface area contributed by atoms with Crippen LogP contribution in [0.3, 0.4) is 0 Å². The number of hydrogen-bond acceptors (Lipinski definition) is 1. The molecule has 1 atom stereocenters. The highest BCUT2D eigenvalue weighted by Gasteiger charge is 2.07. The highest BCUT2D eigenvalue weighted by molar-refractivity contribution is 5.25. The van der Waals surface area contributed by atoms with Gasteiger partial charge >= 0.3 is 0 Å². The van der Waals surface area contributed by atoms with Crippen LogP contribution in [0, 0.1) is 0 Å². The molecule has 0 spiro atoms. The number of halogens is 1. The molecule has 0 aromatic rings. The molecule has 0 saturated heterocycles. The third-order valence-electron chi connectivity index (χ3n) is 1.44. The van der Waals surface area contributed by atoms with Gasteiger partial charge in [-0.2, -0.15) is 0 Å². The zero-order chi connectivity index (χ0) is 6.85. The molecule has 1 aliphatic rings. The predicted molar refractivity (Wildman–Crippen MR) is 35.5 cm³/mol. The Hall–Kier alpha value is -0.630. The summed E-state index contributed by atoms with van der Waals surface area (Å²) in [4.78, 5) is 0. The zero-order valence-electron chi connectivity index (χ0n) is 5.39. The van der Waals surface area contributed by atoms with Crippen molar-refractivity contribution in [2.45, 2.75) is 19.4 Å². The minimum Gasteiger partial charge on any atom is -0.324 e. The van der Waals surface area contributed by atoms with Gasteiger partial charge < -0.3 is 5.73 Å². The van der Waals surface area contributed by atoms with Crippen LogP contribution in [0.25, 0.3) is 0 Å². The molecule has 0 aromatic carbocycles. The molecule has 1 rings (SSSR count). The zero-order valence-corrected chi connectivity index (χ0v) is 5.39. The Balaban J connectivity index is 2.75. The lowest BCUT2D eigenvalue weighted by Gasteiger charge is -2.11. The quantitative estimate of drug-likeness (QED) is 0.524. The topological polar surface area (TPSA) is 26.0 Å². The summed E-state index contributed by atoms with van der Waals surface area (Å²) < 4.78 is 12.5. The maximum Gasteiger partial charge on any atom is 0.121 e. The Bertz CT molecular complexity index is 170. The van der Waals surface area contributed by atoms with E-state index in [1.165, 1.54) is 6.08 Å². The minimum atomic E-state index is -0.128. The molecule has 0 fully saturated rings. The van der Waals surface area contributed by atoms with Gasteiger partial charge in [-0.15, -0.1) is 0 Å². The molecule has 0 heterocycles. The molecule has 2 heteroatoms. The number of rotatable bonds is 0. The number of allylic oxidation sites excluding steroid dienone is 2. The first-order chi connectivity index (χ1) is 4.20. The molecule has 0 saturated carbocycles.